The molecule has 0 spiro atoms. The predicted molar refractivity (Wildman–Crippen MR) is 143 cm³/mol. The Labute approximate surface area is 217 Å². The van der Waals surface area contributed by atoms with Crippen molar-refractivity contribution in [2.24, 2.45) is 29.1 Å². The van der Waals surface area contributed by atoms with Gasteiger partial charge in [-0.15, -0.1) is 5.92 Å². The van der Waals surface area contributed by atoms with E-state index >= 15 is 0 Å². The molecule has 0 aromatic heterocycles. The van der Waals surface area contributed by atoms with Gasteiger partial charge in [0.25, 0.3) is 0 Å². The second-order valence-corrected chi connectivity index (χ2v) is 12.3. The van der Waals surface area contributed by atoms with E-state index in [1.807, 2.05) is 0 Å². The maximum atomic E-state index is 10.8. The largest absolute Gasteiger partial charge is 0.481 e. The number of hydrogen-bond donors (Lipinski definition) is 4. The summed E-state index contributed by atoms with van der Waals surface area (Å²) in [6.45, 7) is 12.3. The molecular weight excluding hydrogens is 452 g/mol. The van der Waals surface area contributed by atoms with Crippen LogP contribution in [0.25, 0.3) is 0 Å². The van der Waals surface area contributed by atoms with E-state index < -0.39 is 23.8 Å². The van der Waals surface area contributed by atoms with Gasteiger partial charge in [-0.2, -0.15) is 0 Å². The van der Waals surface area contributed by atoms with E-state index in [0.717, 1.165) is 18.4 Å². The molecular formula is C31H46O5. The van der Waals surface area contributed by atoms with Crippen LogP contribution in [-0.2, 0) is 4.79 Å². The third-order valence-corrected chi connectivity index (χ3v) is 9.07. The molecule has 3 aliphatic rings. The van der Waals surface area contributed by atoms with E-state index in [-0.39, 0.29) is 17.8 Å². The molecule has 0 bridgehead atoms. The molecule has 0 aromatic carbocycles. The van der Waals surface area contributed by atoms with Crippen molar-refractivity contribution in [3.63, 3.8) is 0 Å². The van der Waals surface area contributed by atoms with Crippen LogP contribution in [0.15, 0.2) is 35.5 Å². The van der Waals surface area contributed by atoms with Crippen molar-refractivity contribution in [2.45, 2.75) is 110 Å². The molecule has 0 aromatic rings. The van der Waals surface area contributed by atoms with Gasteiger partial charge in [0.15, 0.2) is 0 Å². The number of carbonyl (C=O) groups is 1. The molecule has 3 aliphatic carbocycles. The third-order valence-electron chi connectivity index (χ3n) is 9.07. The van der Waals surface area contributed by atoms with Gasteiger partial charge in [0, 0.05) is 18.8 Å². The van der Waals surface area contributed by atoms with Crippen LogP contribution in [0.3, 0.4) is 0 Å². The van der Waals surface area contributed by atoms with Gasteiger partial charge in [0.2, 0.25) is 0 Å². The number of carboxylic acid groups (broad SMARTS) is 1. The van der Waals surface area contributed by atoms with Crippen molar-refractivity contribution < 1.29 is 25.2 Å². The summed E-state index contributed by atoms with van der Waals surface area (Å²) in [5.41, 5.74) is 2.32. The lowest BCUT2D eigenvalue weighted by Crippen LogP contribution is -2.38. The first kappa shape index (κ1) is 28.7. The van der Waals surface area contributed by atoms with E-state index in [2.05, 4.69) is 44.4 Å². The van der Waals surface area contributed by atoms with Crippen LogP contribution < -0.4 is 0 Å². The van der Waals surface area contributed by atoms with Gasteiger partial charge in [-0.1, -0.05) is 44.1 Å². The Balaban J connectivity index is 1.70. The Morgan fingerprint density at radius 1 is 1.28 bits per heavy atom. The minimum absolute atomic E-state index is 0.0446. The Morgan fingerprint density at radius 3 is 2.67 bits per heavy atom. The summed E-state index contributed by atoms with van der Waals surface area (Å²) >= 11 is 0. The zero-order chi connectivity index (χ0) is 26.7. The Bertz CT molecular complexity index is 942. The molecule has 0 saturated heterocycles. The monoisotopic (exact) mass is 498 g/mol. The number of aliphatic hydroxyl groups excluding tert-OH is 2. The second-order valence-electron chi connectivity index (χ2n) is 12.3. The smallest absolute Gasteiger partial charge is 0.303 e. The average molecular weight is 499 g/mol. The van der Waals surface area contributed by atoms with Gasteiger partial charge >= 0.3 is 5.97 Å². The molecule has 36 heavy (non-hydrogen) atoms. The van der Waals surface area contributed by atoms with Crippen LogP contribution >= 0.6 is 0 Å². The predicted octanol–water partition coefficient (Wildman–Crippen LogP) is 5.41. The van der Waals surface area contributed by atoms with Crippen molar-refractivity contribution in [3.05, 3.63) is 35.5 Å². The Hall–Kier alpha value is -1.87. The first-order valence-electron chi connectivity index (χ1n) is 13.7. The van der Waals surface area contributed by atoms with Gasteiger partial charge in [-0.3, -0.25) is 4.79 Å². The molecule has 7 atom stereocenters. The number of aliphatic hydroxyl groups is 3. The van der Waals surface area contributed by atoms with Crippen molar-refractivity contribution in [1.82, 2.24) is 0 Å². The van der Waals surface area contributed by atoms with Crippen molar-refractivity contribution in [1.29, 1.82) is 0 Å². The van der Waals surface area contributed by atoms with E-state index in [0.29, 0.717) is 42.6 Å². The second kappa shape index (κ2) is 11.7. The zero-order valence-electron chi connectivity index (χ0n) is 22.6. The van der Waals surface area contributed by atoms with Crippen LogP contribution in [-0.4, -0.2) is 44.2 Å². The van der Waals surface area contributed by atoms with Crippen LogP contribution in [0.4, 0.5) is 0 Å². The fraction of sp³-hybridized carbons (Fsp3) is 0.710. The van der Waals surface area contributed by atoms with Gasteiger partial charge in [0.05, 0.1) is 12.2 Å². The molecule has 1 unspecified atom stereocenters. The molecule has 3 fully saturated rings. The minimum Gasteiger partial charge on any atom is -0.481 e. The summed E-state index contributed by atoms with van der Waals surface area (Å²) in [6, 6.07) is 0. The maximum absolute atomic E-state index is 10.8. The van der Waals surface area contributed by atoms with Crippen LogP contribution in [0.5, 0.6) is 0 Å². The highest BCUT2D eigenvalue weighted by Gasteiger charge is 2.50. The number of hydrogen-bond acceptors (Lipinski definition) is 4. The van der Waals surface area contributed by atoms with E-state index in [4.69, 9.17) is 5.11 Å². The Kier molecular flexibility index (Phi) is 9.30. The molecule has 5 heteroatoms. The summed E-state index contributed by atoms with van der Waals surface area (Å²) in [5, 5.41) is 40.3. The Morgan fingerprint density at radius 2 is 2.00 bits per heavy atom. The fourth-order valence-corrected chi connectivity index (χ4v) is 7.17. The van der Waals surface area contributed by atoms with Crippen LogP contribution in [0, 0.1) is 40.9 Å². The number of aliphatic carboxylic acids is 1. The van der Waals surface area contributed by atoms with Crippen molar-refractivity contribution in [2.75, 3.05) is 0 Å². The number of rotatable bonds is 7. The molecule has 5 nitrogen and oxygen atoms in total. The lowest BCUT2D eigenvalue weighted by Gasteiger charge is -2.44. The third kappa shape index (κ3) is 6.71. The molecule has 0 amide bonds. The highest BCUT2D eigenvalue weighted by molar-refractivity contribution is 5.66. The summed E-state index contributed by atoms with van der Waals surface area (Å²) < 4.78 is 0. The minimum atomic E-state index is -0.946. The van der Waals surface area contributed by atoms with Gasteiger partial charge in [-0.05, 0) is 99.5 Å². The maximum Gasteiger partial charge on any atom is 0.303 e. The van der Waals surface area contributed by atoms with E-state index in [9.17, 15) is 20.1 Å². The van der Waals surface area contributed by atoms with Crippen molar-refractivity contribution >= 4 is 5.97 Å². The average Bonchev–Trinajstić information content (AvgIpc) is 3.14. The molecule has 200 valence electrons. The highest BCUT2D eigenvalue weighted by atomic mass is 16.4. The number of carboxylic acids is 1. The molecule has 3 saturated carbocycles. The van der Waals surface area contributed by atoms with Crippen LogP contribution in [0.1, 0.15) is 91.9 Å². The zero-order valence-corrected chi connectivity index (χ0v) is 22.6. The normalized spacial score (nSPS) is 35.9. The quantitative estimate of drug-likeness (QED) is 0.352. The summed E-state index contributed by atoms with van der Waals surface area (Å²) in [4.78, 5) is 10.8. The standard InChI is InChI=1S/C31H46O5/c1-20(9-7-17-30(3,4)36)25-15-16-26-22(10-8-18-31(25,26)5)13-14-23-19-27(32)24(29(35)21(23)2)11-6-12-28(33)34/h13-14,20,24-27,29,32,35-36H,2,6,8-12,15-16,18-19H2,1,3-5H3,(H,33,34)/t20-,24+,25-,26?,27-,29-,31-/m1/s1. The fourth-order valence-electron chi connectivity index (χ4n) is 7.17. The molecule has 0 aliphatic heterocycles. The lowest BCUT2D eigenvalue weighted by atomic mass is 9.61. The first-order chi connectivity index (χ1) is 16.8. The highest BCUT2D eigenvalue weighted by Crippen LogP contribution is 2.59. The number of allylic oxidation sites excluding steroid dienone is 3. The van der Waals surface area contributed by atoms with Crippen LogP contribution in [0.2, 0.25) is 0 Å². The summed E-state index contributed by atoms with van der Waals surface area (Å²) in [7, 11) is 0. The lowest BCUT2D eigenvalue weighted by molar-refractivity contribution is -0.137. The van der Waals surface area contributed by atoms with Gasteiger partial charge in [-0.25, -0.2) is 0 Å². The van der Waals surface area contributed by atoms with Crippen molar-refractivity contribution in [3.8, 4) is 11.8 Å². The number of fused-ring (bicyclic) bond motifs is 1. The molecule has 0 radical (unpaired) electrons. The van der Waals surface area contributed by atoms with Gasteiger partial charge in [0.1, 0.15) is 5.60 Å². The SMILES string of the molecule is C=C1C(=CC=C2CCC[C@@]3(C)C2CC[C@@H]3[C@H](C)CC#CC(C)(C)O)C[C@@H](O)[C@H](CCCC(=O)O)[C@@H]1O. The molecule has 3 rings (SSSR count). The van der Waals surface area contributed by atoms with Gasteiger partial charge < -0.3 is 20.4 Å². The topological polar surface area (TPSA) is 98.0 Å². The molecule has 4 N–H and O–H groups in total. The van der Waals surface area contributed by atoms with E-state index in [1.165, 1.54) is 31.3 Å². The summed E-state index contributed by atoms with van der Waals surface area (Å²) in [5.74, 6) is 6.59. The first-order valence-corrected chi connectivity index (χ1v) is 13.7. The molecule has 0 heterocycles. The van der Waals surface area contributed by atoms with E-state index in [1.54, 1.807) is 13.8 Å². The summed E-state index contributed by atoms with van der Waals surface area (Å²) in [6.07, 6.45) is 10.8.